The van der Waals surface area contributed by atoms with E-state index in [0.717, 1.165) is 37.1 Å². The molecule has 1 aromatic rings. The van der Waals surface area contributed by atoms with Crippen LogP contribution < -0.4 is 11.1 Å². The van der Waals surface area contributed by atoms with Gasteiger partial charge in [-0.1, -0.05) is 6.07 Å². The van der Waals surface area contributed by atoms with Gasteiger partial charge >= 0.3 is 0 Å². The van der Waals surface area contributed by atoms with Gasteiger partial charge in [-0.15, -0.1) is 0 Å². The summed E-state index contributed by atoms with van der Waals surface area (Å²) < 4.78 is 13.5. The molecule has 0 aliphatic carbocycles. The van der Waals surface area contributed by atoms with Crippen LogP contribution in [-0.2, 0) is 17.9 Å². The van der Waals surface area contributed by atoms with Crippen molar-refractivity contribution in [2.24, 2.45) is 11.7 Å². The van der Waals surface area contributed by atoms with E-state index in [1.165, 1.54) is 6.07 Å². The number of carbonyl (C=O) groups is 1. The van der Waals surface area contributed by atoms with Gasteiger partial charge in [-0.25, -0.2) is 4.39 Å². The number of halogens is 1. The molecule has 3 N–H and O–H groups in total. The van der Waals surface area contributed by atoms with Crippen molar-refractivity contribution < 1.29 is 9.18 Å². The van der Waals surface area contributed by atoms with Gasteiger partial charge < -0.3 is 11.1 Å². The number of hydrogen-bond acceptors (Lipinski definition) is 3. The molecule has 5 heteroatoms. The molecule has 1 aromatic carbocycles. The highest BCUT2D eigenvalue weighted by molar-refractivity contribution is 5.78. The van der Waals surface area contributed by atoms with E-state index in [2.05, 4.69) is 10.2 Å². The van der Waals surface area contributed by atoms with Crippen LogP contribution in [0.15, 0.2) is 18.2 Å². The van der Waals surface area contributed by atoms with Gasteiger partial charge in [0.1, 0.15) is 5.82 Å². The van der Waals surface area contributed by atoms with Gasteiger partial charge in [-0.05, 0) is 49.2 Å². The topological polar surface area (TPSA) is 58.4 Å². The normalized spacial score (nSPS) is 17.1. The standard InChI is InChI=1S/C15H22FN3O/c1-18-15(20)13-2-4-19(5-3-13)10-12-6-11(9-17)7-14(16)8-12/h6-8,13H,2-5,9-10,17H2,1H3,(H,18,20). The molecule has 0 atom stereocenters. The predicted molar refractivity (Wildman–Crippen MR) is 76.4 cm³/mol. The van der Waals surface area contributed by atoms with Crippen molar-refractivity contribution in [3.63, 3.8) is 0 Å². The van der Waals surface area contributed by atoms with Crippen LogP contribution in [0.1, 0.15) is 24.0 Å². The molecule has 20 heavy (non-hydrogen) atoms. The van der Waals surface area contributed by atoms with Crippen molar-refractivity contribution >= 4 is 5.91 Å². The lowest BCUT2D eigenvalue weighted by molar-refractivity contribution is -0.125. The third-order valence-corrected chi connectivity index (χ3v) is 3.86. The molecule has 0 unspecified atom stereocenters. The second-order valence-electron chi connectivity index (χ2n) is 5.34. The van der Waals surface area contributed by atoms with Crippen LogP contribution >= 0.6 is 0 Å². The van der Waals surface area contributed by atoms with E-state index >= 15 is 0 Å². The van der Waals surface area contributed by atoms with Crippen LogP contribution in [0.4, 0.5) is 4.39 Å². The molecule has 0 spiro atoms. The Morgan fingerprint density at radius 2 is 2.00 bits per heavy atom. The number of rotatable bonds is 4. The number of benzene rings is 1. The third-order valence-electron chi connectivity index (χ3n) is 3.86. The van der Waals surface area contributed by atoms with Crippen molar-refractivity contribution in [1.29, 1.82) is 0 Å². The zero-order valence-electron chi connectivity index (χ0n) is 11.9. The number of amides is 1. The van der Waals surface area contributed by atoms with Gasteiger partial charge in [0.05, 0.1) is 0 Å². The van der Waals surface area contributed by atoms with Crippen LogP contribution in [-0.4, -0.2) is 30.9 Å². The Morgan fingerprint density at radius 1 is 1.35 bits per heavy atom. The second kappa shape index (κ2) is 6.81. The summed E-state index contributed by atoms with van der Waals surface area (Å²) in [5.74, 6) is 0.00684. The van der Waals surface area contributed by atoms with Crippen molar-refractivity contribution in [3.05, 3.63) is 35.1 Å². The lowest BCUT2D eigenvalue weighted by Crippen LogP contribution is -2.39. The summed E-state index contributed by atoms with van der Waals surface area (Å²) in [7, 11) is 1.68. The maximum absolute atomic E-state index is 13.5. The highest BCUT2D eigenvalue weighted by atomic mass is 19.1. The van der Waals surface area contributed by atoms with E-state index in [1.54, 1.807) is 13.1 Å². The molecule has 1 heterocycles. The van der Waals surface area contributed by atoms with Crippen LogP contribution in [0.25, 0.3) is 0 Å². The van der Waals surface area contributed by atoms with Gasteiger partial charge in [0.15, 0.2) is 0 Å². The first-order valence-electron chi connectivity index (χ1n) is 7.04. The number of nitrogens with two attached hydrogens (primary N) is 1. The zero-order valence-corrected chi connectivity index (χ0v) is 11.9. The summed E-state index contributed by atoms with van der Waals surface area (Å²) in [4.78, 5) is 13.8. The Kier molecular flexibility index (Phi) is 5.09. The molecular formula is C15H22FN3O. The molecule has 1 fully saturated rings. The largest absolute Gasteiger partial charge is 0.359 e. The predicted octanol–water partition coefficient (Wildman–Crippen LogP) is 1.24. The Bertz CT molecular complexity index is 470. The molecule has 0 saturated carbocycles. The highest BCUT2D eigenvalue weighted by Gasteiger charge is 2.24. The Balaban J connectivity index is 1.92. The molecular weight excluding hydrogens is 257 g/mol. The van der Waals surface area contributed by atoms with Crippen LogP contribution in [0.2, 0.25) is 0 Å². The minimum Gasteiger partial charge on any atom is -0.359 e. The minimum absolute atomic E-state index is 0.114. The number of nitrogens with one attached hydrogen (secondary N) is 1. The van der Waals surface area contributed by atoms with E-state index in [9.17, 15) is 9.18 Å². The van der Waals surface area contributed by atoms with Crippen molar-refractivity contribution in [1.82, 2.24) is 10.2 Å². The van der Waals surface area contributed by atoms with Gasteiger partial charge in [0.25, 0.3) is 0 Å². The summed E-state index contributed by atoms with van der Waals surface area (Å²) in [6.45, 7) is 2.80. The van der Waals surface area contributed by atoms with Gasteiger partial charge in [-0.3, -0.25) is 9.69 Å². The van der Waals surface area contributed by atoms with E-state index in [4.69, 9.17) is 5.73 Å². The van der Waals surface area contributed by atoms with Gasteiger partial charge in [0.2, 0.25) is 5.91 Å². The maximum Gasteiger partial charge on any atom is 0.222 e. The molecule has 1 aliphatic rings. The molecule has 0 bridgehead atoms. The monoisotopic (exact) mass is 279 g/mol. The van der Waals surface area contributed by atoms with Crippen molar-refractivity contribution in [2.45, 2.75) is 25.9 Å². The summed E-state index contributed by atoms with van der Waals surface area (Å²) >= 11 is 0. The molecule has 4 nitrogen and oxygen atoms in total. The molecule has 0 radical (unpaired) electrons. The lowest BCUT2D eigenvalue weighted by Gasteiger charge is -2.31. The van der Waals surface area contributed by atoms with E-state index in [0.29, 0.717) is 13.1 Å². The quantitative estimate of drug-likeness (QED) is 0.872. The Hall–Kier alpha value is -1.46. The number of hydrogen-bond donors (Lipinski definition) is 2. The van der Waals surface area contributed by atoms with Crippen molar-refractivity contribution in [3.8, 4) is 0 Å². The number of likely N-dealkylation sites (tertiary alicyclic amines) is 1. The summed E-state index contributed by atoms with van der Waals surface area (Å²) in [5.41, 5.74) is 7.33. The van der Waals surface area contributed by atoms with Crippen molar-refractivity contribution in [2.75, 3.05) is 20.1 Å². The number of carbonyl (C=O) groups excluding carboxylic acids is 1. The van der Waals surface area contributed by atoms with Crippen LogP contribution in [0.5, 0.6) is 0 Å². The molecule has 2 rings (SSSR count). The van der Waals surface area contributed by atoms with Crippen LogP contribution in [0, 0.1) is 11.7 Å². The molecule has 1 saturated heterocycles. The van der Waals surface area contributed by atoms with Crippen LogP contribution in [0.3, 0.4) is 0 Å². The number of nitrogens with zero attached hydrogens (tertiary/aromatic N) is 1. The maximum atomic E-state index is 13.5. The summed E-state index contributed by atoms with van der Waals surface area (Å²) in [6, 6.07) is 4.99. The molecule has 1 aliphatic heterocycles. The highest BCUT2D eigenvalue weighted by Crippen LogP contribution is 2.20. The first-order valence-corrected chi connectivity index (χ1v) is 7.04. The first-order chi connectivity index (χ1) is 9.62. The fourth-order valence-corrected chi connectivity index (χ4v) is 2.74. The SMILES string of the molecule is CNC(=O)C1CCN(Cc2cc(F)cc(CN)c2)CC1. The molecule has 110 valence electrons. The smallest absolute Gasteiger partial charge is 0.222 e. The second-order valence-corrected chi connectivity index (χ2v) is 5.34. The molecule has 0 aromatic heterocycles. The minimum atomic E-state index is -0.233. The van der Waals surface area contributed by atoms with Gasteiger partial charge in [-0.2, -0.15) is 0 Å². The average Bonchev–Trinajstić information content (AvgIpc) is 2.46. The van der Waals surface area contributed by atoms with E-state index < -0.39 is 0 Å². The summed E-state index contributed by atoms with van der Waals surface area (Å²) in [5, 5.41) is 2.70. The number of piperidine rings is 1. The van der Waals surface area contributed by atoms with E-state index in [-0.39, 0.29) is 17.6 Å². The summed E-state index contributed by atoms with van der Waals surface area (Å²) in [6.07, 6.45) is 1.72. The van der Waals surface area contributed by atoms with Gasteiger partial charge in [0, 0.05) is 26.1 Å². The molecule has 1 amide bonds. The van der Waals surface area contributed by atoms with E-state index in [1.807, 2.05) is 6.07 Å². The fraction of sp³-hybridized carbons (Fsp3) is 0.533. The fourth-order valence-electron chi connectivity index (χ4n) is 2.74. The average molecular weight is 279 g/mol. The third kappa shape index (κ3) is 3.77. The zero-order chi connectivity index (χ0) is 14.5. The lowest BCUT2D eigenvalue weighted by atomic mass is 9.95. The first kappa shape index (κ1) is 14.9. The Morgan fingerprint density at radius 3 is 2.60 bits per heavy atom. The Labute approximate surface area is 119 Å².